The highest BCUT2D eigenvalue weighted by Crippen LogP contribution is 2.59. The lowest BCUT2D eigenvalue weighted by Gasteiger charge is -2.36. The van der Waals surface area contributed by atoms with Gasteiger partial charge in [-0.2, -0.15) is 8.78 Å². The first-order valence-corrected chi connectivity index (χ1v) is 27.0. The number of rotatable bonds is 15. The molecule has 7 amide bonds. The number of halogens is 2. The predicted molar refractivity (Wildman–Crippen MR) is 272 cm³/mol. The average molecular weight is 1060 g/mol. The Morgan fingerprint density at radius 3 is 2.45 bits per heavy atom. The van der Waals surface area contributed by atoms with Crippen LogP contribution in [-0.2, 0) is 40.7 Å². The molecule has 21 heteroatoms. The summed E-state index contributed by atoms with van der Waals surface area (Å²) >= 11 is 2.52. The number of benzene rings is 3. The van der Waals surface area contributed by atoms with Gasteiger partial charge in [0.05, 0.1) is 4.88 Å². The normalized spacial score (nSPS) is 17.4. The minimum Gasteiger partial charge on any atom is -0.356 e. The summed E-state index contributed by atoms with van der Waals surface area (Å²) in [6, 6.07) is 18.1. The number of piperidine rings is 1. The van der Waals surface area contributed by atoms with Crippen LogP contribution in [0.5, 0.6) is 0 Å². The number of likely N-dealkylation sites (tertiary alicyclic amines) is 1. The Morgan fingerprint density at radius 2 is 1.75 bits per heavy atom. The van der Waals surface area contributed by atoms with Gasteiger partial charge in [0.15, 0.2) is 0 Å². The second kappa shape index (κ2) is 21.5. The number of hydrogen-bond donors (Lipinski definition) is 5. The highest BCUT2D eigenvalue weighted by atomic mass is 32.1. The van der Waals surface area contributed by atoms with Crippen LogP contribution < -0.4 is 20.9 Å². The third kappa shape index (κ3) is 11.5. The predicted octanol–water partition coefficient (Wildman–Crippen LogP) is 7.12. The van der Waals surface area contributed by atoms with Gasteiger partial charge in [0.2, 0.25) is 29.5 Å². The molecule has 73 heavy (non-hydrogen) atoms. The molecule has 0 aliphatic carbocycles. The highest BCUT2D eigenvalue weighted by molar-refractivity contribution is 7.52. The van der Waals surface area contributed by atoms with Gasteiger partial charge in [-0.3, -0.25) is 43.4 Å². The Balaban J connectivity index is 0.915. The third-order valence-electron chi connectivity index (χ3n) is 13.1. The minimum atomic E-state index is -5.84. The van der Waals surface area contributed by atoms with Gasteiger partial charge >= 0.3 is 13.3 Å². The molecule has 0 bridgehead atoms. The molecule has 0 spiro atoms. The molecule has 5 aromatic rings. The van der Waals surface area contributed by atoms with Gasteiger partial charge in [-0.25, -0.2) is 0 Å². The monoisotopic (exact) mass is 1050 g/mol. The van der Waals surface area contributed by atoms with Crippen molar-refractivity contribution in [3.8, 4) is 22.3 Å². The number of anilines is 1. The number of fused-ring (bicyclic) bond motifs is 2. The van der Waals surface area contributed by atoms with Crippen LogP contribution in [0.4, 0.5) is 14.5 Å². The van der Waals surface area contributed by atoms with Crippen molar-refractivity contribution in [3.05, 3.63) is 111 Å². The fraction of sp³-hybridized carbons (Fsp3) is 0.365. The largest absolute Gasteiger partial charge is 0.399 e. The zero-order valence-corrected chi connectivity index (χ0v) is 42.6. The van der Waals surface area contributed by atoms with E-state index < -0.39 is 66.0 Å². The van der Waals surface area contributed by atoms with E-state index in [9.17, 15) is 56.7 Å². The van der Waals surface area contributed by atoms with E-state index in [4.69, 9.17) is 0 Å². The van der Waals surface area contributed by atoms with Crippen LogP contribution in [0, 0.1) is 17.3 Å². The average Bonchev–Trinajstić information content (AvgIpc) is 4.19. The van der Waals surface area contributed by atoms with Gasteiger partial charge in [-0.1, -0.05) is 62.9 Å². The molecule has 5 N–H and O–H groups in total. The first-order valence-electron chi connectivity index (χ1n) is 23.7. The molecule has 8 rings (SSSR count). The minimum absolute atomic E-state index is 0.0117. The molecule has 3 aliphatic heterocycles. The van der Waals surface area contributed by atoms with Gasteiger partial charge in [0, 0.05) is 77.4 Å². The van der Waals surface area contributed by atoms with E-state index in [1.165, 1.54) is 26.8 Å². The second-order valence-corrected chi connectivity index (χ2v) is 22.8. The van der Waals surface area contributed by atoms with Crippen LogP contribution in [0.25, 0.3) is 20.5 Å². The molecule has 3 atom stereocenters. The maximum Gasteiger partial charge on any atom is 0.399 e. The van der Waals surface area contributed by atoms with Crippen LogP contribution >= 0.6 is 30.3 Å². The summed E-state index contributed by atoms with van der Waals surface area (Å²) in [6.45, 7) is 5.98. The summed E-state index contributed by atoms with van der Waals surface area (Å²) in [4.78, 5) is 118. The van der Waals surface area contributed by atoms with Gasteiger partial charge in [0.25, 0.3) is 11.8 Å². The Morgan fingerprint density at radius 1 is 0.986 bits per heavy atom. The molecule has 5 heterocycles. The zero-order chi connectivity index (χ0) is 52.4. The molecule has 16 nitrogen and oxygen atoms in total. The van der Waals surface area contributed by atoms with E-state index in [2.05, 4.69) is 27.8 Å². The van der Waals surface area contributed by atoms with Gasteiger partial charge in [0.1, 0.15) is 18.1 Å². The Kier molecular flexibility index (Phi) is 15.5. The lowest BCUT2D eigenvalue weighted by Crippen LogP contribution is -2.58. The molecule has 2 fully saturated rings. The molecule has 382 valence electrons. The summed E-state index contributed by atoms with van der Waals surface area (Å²) < 4.78 is 41.0. The van der Waals surface area contributed by atoms with Crippen molar-refractivity contribution in [2.45, 2.75) is 96.1 Å². The lowest BCUT2D eigenvalue weighted by atomic mass is 9.85. The maximum atomic E-state index is 14.8. The number of amides is 7. The van der Waals surface area contributed by atoms with E-state index >= 15 is 0 Å². The highest BCUT2D eigenvalue weighted by Gasteiger charge is 2.50. The Bertz CT molecular complexity index is 3100. The number of imide groups is 1. The molecule has 2 saturated heterocycles. The molecule has 2 unspecified atom stereocenters. The molecule has 2 aromatic heterocycles. The van der Waals surface area contributed by atoms with Crippen LogP contribution in [0.1, 0.15) is 102 Å². The number of carbonyl (C=O) groups excluding carboxylic acids is 7. The van der Waals surface area contributed by atoms with E-state index in [0.717, 1.165) is 33.9 Å². The number of thiophene rings is 2. The Labute approximate surface area is 427 Å². The van der Waals surface area contributed by atoms with Crippen molar-refractivity contribution in [2.75, 3.05) is 24.5 Å². The van der Waals surface area contributed by atoms with E-state index in [0.29, 0.717) is 59.3 Å². The van der Waals surface area contributed by atoms with Crippen molar-refractivity contribution in [2.24, 2.45) is 5.41 Å². The molecule has 0 radical (unpaired) electrons. The molecule has 0 saturated carbocycles. The van der Waals surface area contributed by atoms with E-state index in [1.807, 2.05) is 35.7 Å². The quantitative estimate of drug-likeness (QED) is 0.0309. The maximum absolute atomic E-state index is 14.8. The number of unbranched alkanes of at least 4 members (excludes halogenated alkanes) is 1. The topological polar surface area (TPSA) is 223 Å². The van der Waals surface area contributed by atoms with E-state index in [1.54, 1.807) is 56.4 Å². The first-order chi connectivity index (χ1) is 34.6. The fourth-order valence-electron chi connectivity index (χ4n) is 9.18. The number of nitrogens with one attached hydrogen (secondary N) is 3. The third-order valence-corrected chi connectivity index (χ3v) is 16.1. The van der Waals surface area contributed by atoms with E-state index in [-0.39, 0.29) is 66.9 Å². The lowest BCUT2D eigenvalue weighted by molar-refractivity contribution is -0.141. The van der Waals surface area contributed by atoms with Gasteiger partial charge in [-0.15, -0.1) is 22.7 Å². The van der Waals surface area contributed by atoms with Crippen LogP contribution in [0.2, 0.25) is 0 Å². The summed E-state index contributed by atoms with van der Waals surface area (Å²) in [7, 11) is -5.84. The van der Waals surface area contributed by atoms with Gasteiger partial charge in [-0.05, 0) is 102 Å². The fourth-order valence-corrected chi connectivity index (χ4v) is 11.3. The van der Waals surface area contributed by atoms with Crippen molar-refractivity contribution >= 4 is 87.4 Å². The molecule has 3 aliphatic rings. The Hall–Kier alpha value is -6.62. The van der Waals surface area contributed by atoms with Crippen LogP contribution in [-0.4, -0.2) is 98.7 Å². The van der Waals surface area contributed by atoms with Crippen LogP contribution in [0.3, 0.4) is 0 Å². The number of nitrogens with zero attached hydrogens (tertiary/aromatic N) is 3. The summed E-state index contributed by atoms with van der Waals surface area (Å²) in [5.74, 6) is 3.22. The summed E-state index contributed by atoms with van der Waals surface area (Å²) in [5, 5.41) is 10.1. The second-order valence-electron chi connectivity index (χ2n) is 19.2. The standard InChI is InChI=1S/C52H53F2N6O10PS2/c1-51(2,3)45(57-47(64)42-29-33-28-34(17-21-41(33)73-42)52(53,54)71(68,69)70)50(67)59-25-8-13-39(59)49(66)58(35-18-15-32(16-19-35)40-14-9-27-72-40)26-23-43(61)55-24-6-4-5-10-31-11-7-12-36-37(31)30-60(48(36)65)38-20-22-44(62)56-46(38)63/h7,9,11-12,14-19,21,27-29,38-39,45H,4,6,8,13,20,22-26,30H2,1-3H3,(H,55,61)(H,57,64)(H,56,62,63)(H2,68,69,70)/t38?,39-,45?/m0/s1. The van der Waals surface area contributed by atoms with Crippen molar-refractivity contribution in [1.29, 1.82) is 0 Å². The molecule has 3 aromatic carbocycles. The smallest absolute Gasteiger partial charge is 0.356 e. The number of hydrogen-bond acceptors (Lipinski definition) is 10. The van der Waals surface area contributed by atoms with Crippen molar-refractivity contribution in [3.63, 3.8) is 0 Å². The molecular weight excluding hydrogens is 1000 g/mol. The summed E-state index contributed by atoms with van der Waals surface area (Å²) in [5.41, 5.74) is -2.93. The first kappa shape index (κ1) is 52.7. The number of carbonyl (C=O) groups is 7. The van der Waals surface area contributed by atoms with Gasteiger partial charge < -0.3 is 35.1 Å². The van der Waals surface area contributed by atoms with Crippen molar-refractivity contribution < 1.29 is 56.7 Å². The summed E-state index contributed by atoms with van der Waals surface area (Å²) in [6.07, 6.45) is 2.09. The van der Waals surface area contributed by atoms with Crippen LogP contribution in [0.15, 0.2) is 84.2 Å². The zero-order valence-electron chi connectivity index (χ0n) is 40.1. The molecular formula is C52H53F2N6O10PS2. The SMILES string of the molecule is CC(C)(C)C(NC(=O)c1cc2cc(C(F)(F)P(=O)(O)O)ccc2s1)C(=O)N1CCC[C@H]1C(=O)N(CCC(=O)NCCCC#Cc1cccc2c1CN(C1CCC(=O)NC1=O)C2=O)c1ccc(-c2cccs2)cc1. The number of alkyl halides is 2. The van der Waals surface area contributed by atoms with Crippen molar-refractivity contribution in [1.82, 2.24) is 25.8 Å².